The smallest absolute Gasteiger partial charge is 0.312 e. The van der Waals surface area contributed by atoms with Crippen LogP contribution in [0.15, 0.2) is 55.6 Å². The number of carbonyl (C=O) groups excluding carboxylic acids is 3. The number of unbranched alkanes of at least 4 members (excludes halogenated alkanes) is 1. The Bertz CT molecular complexity index is 1240. The first-order valence-corrected chi connectivity index (χ1v) is 16.1. The van der Waals surface area contributed by atoms with Gasteiger partial charge >= 0.3 is 5.97 Å². The molecule has 2 amide bonds. The summed E-state index contributed by atoms with van der Waals surface area (Å²) in [6, 6.07) is 7.44. The first kappa shape index (κ1) is 33.9. The Morgan fingerprint density at radius 2 is 1.84 bits per heavy atom. The molecule has 3 aliphatic heterocycles. The molecule has 0 radical (unpaired) electrons. The van der Waals surface area contributed by atoms with Gasteiger partial charge in [-0.3, -0.25) is 14.4 Å². The molecule has 3 heterocycles. The molecule has 4 rings (SSSR count). The number of hydrogen-bond acceptors (Lipinski definition) is 6. The molecule has 3 fully saturated rings. The van der Waals surface area contributed by atoms with E-state index in [1.54, 1.807) is 12.2 Å². The van der Waals surface area contributed by atoms with Crippen molar-refractivity contribution >= 4 is 17.8 Å². The lowest BCUT2D eigenvalue weighted by Crippen LogP contribution is -2.61. The van der Waals surface area contributed by atoms with Crippen molar-refractivity contribution in [3.8, 4) is 0 Å². The third-order valence-electron chi connectivity index (χ3n) is 9.87. The van der Waals surface area contributed by atoms with E-state index < -0.39 is 46.6 Å². The summed E-state index contributed by atoms with van der Waals surface area (Å²) in [5.74, 6) is -2.80. The van der Waals surface area contributed by atoms with Crippen molar-refractivity contribution in [3.63, 3.8) is 0 Å². The number of likely N-dealkylation sites (tertiary alicyclic amines) is 1. The van der Waals surface area contributed by atoms with E-state index in [-0.39, 0.29) is 37.0 Å². The quantitative estimate of drug-likeness (QED) is 0.168. The molecule has 8 heteroatoms. The van der Waals surface area contributed by atoms with Gasteiger partial charge in [0, 0.05) is 12.1 Å². The number of nitrogens with zero attached hydrogens (tertiary/aromatic N) is 2. The molecule has 2 unspecified atom stereocenters. The molecular weight excluding hydrogens is 556 g/mol. The van der Waals surface area contributed by atoms with Crippen molar-refractivity contribution in [1.29, 1.82) is 0 Å². The third kappa shape index (κ3) is 5.87. The first-order valence-electron chi connectivity index (χ1n) is 16.1. The van der Waals surface area contributed by atoms with Crippen molar-refractivity contribution in [2.75, 3.05) is 19.8 Å². The van der Waals surface area contributed by atoms with Gasteiger partial charge in [0.15, 0.2) is 0 Å². The van der Waals surface area contributed by atoms with Crippen LogP contribution in [0.25, 0.3) is 0 Å². The minimum absolute atomic E-state index is 0.0814. The van der Waals surface area contributed by atoms with E-state index in [1.165, 1.54) is 4.90 Å². The molecule has 0 saturated carbocycles. The highest BCUT2D eigenvalue weighted by molar-refractivity contribution is 5.99. The van der Waals surface area contributed by atoms with Gasteiger partial charge < -0.3 is 24.4 Å². The number of amides is 2. The van der Waals surface area contributed by atoms with E-state index in [9.17, 15) is 14.7 Å². The minimum Gasteiger partial charge on any atom is -0.465 e. The van der Waals surface area contributed by atoms with Crippen LogP contribution in [-0.4, -0.2) is 75.2 Å². The van der Waals surface area contributed by atoms with Crippen LogP contribution in [0, 0.1) is 17.3 Å². The van der Waals surface area contributed by atoms with Crippen LogP contribution in [0.5, 0.6) is 0 Å². The van der Waals surface area contributed by atoms with Gasteiger partial charge in [0.05, 0.1) is 30.8 Å². The van der Waals surface area contributed by atoms with Gasteiger partial charge in [-0.05, 0) is 63.4 Å². The number of aliphatic hydroxyl groups is 1. The lowest BCUT2D eigenvalue weighted by atomic mass is 9.65. The normalized spacial score (nSPS) is 28.5. The van der Waals surface area contributed by atoms with Crippen LogP contribution < -0.4 is 0 Å². The summed E-state index contributed by atoms with van der Waals surface area (Å²) in [7, 11) is 0. The standard InChI is InChI=1S/C36H52N2O6/c1-9-12-16-22-43-32(42)28-27-30(40)38(26(23-39)25-17-14-13-15-18-25)29(36(27)20-19-35(28,11-3)44-36)31(41)37(21-10-2)34(7,8)24-33(4,5)6/h9-10,13-15,17-18,26-29,39H,1-2,11-12,16,19-24H2,3-8H3/t26-,27+,28+,29?,35-,36?/m1/s1. The number of allylic oxidation sites excluding steroid dienone is 1. The molecule has 0 aromatic heterocycles. The van der Waals surface area contributed by atoms with E-state index in [1.807, 2.05) is 56.0 Å². The number of rotatable bonds is 14. The van der Waals surface area contributed by atoms with Gasteiger partial charge in [-0.15, -0.1) is 13.2 Å². The van der Waals surface area contributed by atoms with Gasteiger partial charge in [-0.25, -0.2) is 0 Å². The number of ether oxygens (including phenoxy) is 2. The summed E-state index contributed by atoms with van der Waals surface area (Å²) in [6.45, 7) is 20.3. The summed E-state index contributed by atoms with van der Waals surface area (Å²) in [5.41, 5.74) is -2.08. The lowest BCUT2D eigenvalue weighted by Gasteiger charge is -2.46. The molecule has 1 N–H and O–H groups in total. The zero-order valence-corrected chi connectivity index (χ0v) is 27.5. The molecule has 1 spiro atoms. The summed E-state index contributed by atoms with van der Waals surface area (Å²) < 4.78 is 12.7. The Kier molecular flexibility index (Phi) is 9.86. The second-order valence-electron chi connectivity index (χ2n) is 14.6. The van der Waals surface area contributed by atoms with Crippen LogP contribution in [0.1, 0.15) is 91.7 Å². The van der Waals surface area contributed by atoms with Crippen molar-refractivity contribution in [1.82, 2.24) is 9.80 Å². The number of aliphatic hydroxyl groups excluding tert-OH is 1. The molecule has 8 nitrogen and oxygen atoms in total. The number of fused-ring (bicyclic) bond motifs is 1. The molecule has 242 valence electrons. The second-order valence-corrected chi connectivity index (χ2v) is 14.6. The van der Waals surface area contributed by atoms with Gasteiger partial charge in [-0.1, -0.05) is 70.2 Å². The topological polar surface area (TPSA) is 96.4 Å². The molecule has 3 aliphatic rings. The Morgan fingerprint density at radius 3 is 2.41 bits per heavy atom. The summed E-state index contributed by atoms with van der Waals surface area (Å²) >= 11 is 0. The first-order chi connectivity index (χ1) is 20.7. The van der Waals surface area contributed by atoms with Crippen LogP contribution >= 0.6 is 0 Å². The molecule has 3 saturated heterocycles. The Morgan fingerprint density at radius 1 is 1.16 bits per heavy atom. The van der Waals surface area contributed by atoms with E-state index >= 15 is 4.79 Å². The minimum atomic E-state index is -1.23. The zero-order valence-electron chi connectivity index (χ0n) is 27.5. The number of carbonyl (C=O) groups is 3. The fourth-order valence-electron chi connectivity index (χ4n) is 8.45. The predicted molar refractivity (Wildman–Crippen MR) is 170 cm³/mol. The highest BCUT2D eigenvalue weighted by atomic mass is 16.6. The Balaban J connectivity index is 1.86. The predicted octanol–water partition coefficient (Wildman–Crippen LogP) is 5.61. The maximum absolute atomic E-state index is 15.1. The van der Waals surface area contributed by atoms with E-state index in [4.69, 9.17) is 9.47 Å². The fourth-order valence-corrected chi connectivity index (χ4v) is 8.45. The van der Waals surface area contributed by atoms with Crippen LogP contribution in [-0.2, 0) is 23.9 Å². The van der Waals surface area contributed by atoms with Crippen molar-refractivity contribution in [2.24, 2.45) is 17.3 Å². The van der Waals surface area contributed by atoms with Crippen LogP contribution in [0.4, 0.5) is 0 Å². The van der Waals surface area contributed by atoms with Gasteiger partial charge in [0.25, 0.3) is 0 Å². The van der Waals surface area contributed by atoms with Crippen LogP contribution in [0.3, 0.4) is 0 Å². The van der Waals surface area contributed by atoms with Crippen molar-refractivity contribution < 1.29 is 29.0 Å². The third-order valence-corrected chi connectivity index (χ3v) is 9.87. The molecule has 1 aromatic rings. The van der Waals surface area contributed by atoms with Crippen molar-refractivity contribution in [2.45, 2.75) is 109 Å². The van der Waals surface area contributed by atoms with Gasteiger partial charge in [-0.2, -0.15) is 0 Å². The summed E-state index contributed by atoms with van der Waals surface area (Å²) in [4.78, 5) is 47.1. The van der Waals surface area contributed by atoms with Crippen molar-refractivity contribution in [3.05, 3.63) is 61.2 Å². The maximum atomic E-state index is 15.1. The van der Waals surface area contributed by atoms with Gasteiger partial charge in [0.2, 0.25) is 11.8 Å². The zero-order chi connectivity index (χ0) is 32.5. The Hall–Kier alpha value is -2.97. The molecular formula is C36H52N2O6. The number of esters is 1. The molecule has 2 bridgehead atoms. The average Bonchev–Trinajstić information content (AvgIpc) is 3.57. The molecule has 1 aromatic carbocycles. The number of hydrogen-bond donors (Lipinski definition) is 1. The lowest BCUT2D eigenvalue weighted by molar-refractivity contribution is -0.165. The second kappa shape index (κ2) is 12.8. The largest absolute Gasteiger partial charge is 0.465 e. The Labute approximate surface area is 263 Å². The molecule has 6 atom stereocenters. The fraction of sp³-hybridized carbons (Fsp3) is 0.639. The summed E-state index contributed by atoms with van der Waals surface area (Å²) in [5, 5.41) is 10.8. The van der Waals surface area contributed by atoms with Crippen LogP contribution in [0.2, 0.25) is 0 Å². The van der Waals surface area contributed by atoms with E-state index in [2.05, 4.69) is 33.9 Å². The highest BCUT2D eigenvalue weighted by Crippen LogP contribution is 2.65. The van der Waals surface area contributed by atoms with Gasteiger partial charge in [0.1, 0.15) is 17.6 Å². The van der Waals surface area contributed by atoms with E-state index in [0.717, 1.165) is 0 Å². The number of benzene rings is 1. The average molecular weight is 609 g/mol. The van der Waals surface area contributed by atoms with E-state index in [0.29, 0.717) is 44.1 Å². The SMILES string of the molecule is C=CCCCOC(=O)[C@@H]1[C@H]2C(=O)N([C@H](CO)c3ccccc3)C(C(=O)N(CC=C)C(C)(C)CC(C)(C)C)C23CC[C@@]1(CC)O3. The highest BCUT2D eigenvalue weighted by Gasteiger charge is 2.80. The summed E-state index contributed by atoms with van der Waals surface area (Å²) in [6.07, 6.45) is 7.06. The monoisotopic (exact) mass is 608 g/mol. The maximum Gasteiger partial charge on any atom is 0.312 e. The molecule has 44 heavy (non-hydrogen) atoms. The molecule has 0 aliphatic carbocycles.